The molecule has 1 saturated heterocycles. The summed E-state index contributed by atoms with van der Waals surface area (Å²) in [5, 5.41) is 9.48. The molecule has 3 aromatic rings. The molecule has 1 aliphatic rings. The number of carbonyl (C=O) groups is 1. The quantitative estimate of drug-likeness (QED) is 0.616. The van der Waals surface area contributed by atoms with E-state index < -0.39 is 31.9 Å². The molecule has 150 valence electrons. The van der Waals surface area contributed by atoms with Crippen molar-refractivity contribution in [1.29, 1.82) is 0 Å². The number of phenols is 1. The van der Waals surface area contributed by atoms with Crippen molar-refractivity contribution in [1.82, 2.24) is 9.36 Å². The molecule has 0 spiro atoms. The number of aromatic hydroxyl groups is 1. The molecule has 0 unspecified atom stereocenters. The molecule has 1 N–H and O–H groups in total. The van der Waals surface area contributed by atoms with E-state index in [1.807, 2.05) is 24.3 Å². The van der Waals surface area contributed by atoms with Crippen molar-refractivity contribution in [3.05, 3.63) is 47.8 Å². The molecule has 7 nitrogen and oxygen atoms in total. The Balaban J connectivity index is 1.64. The van der Waals surface area contributed by atoms with Gasteiger partial charge in [0.15, 0.2) is 23.7 Å². The number of aromatic nitrogens is 2. The predicted octanol–water partition coefficient (Wildman–Crippen LogP) is 3.30. The minimum absolute atomic E-state index is 0.185. The standard InChI is InChI=1S/C19H16FN3O4S2/c20-16-10-15(9-13(11-24)17(16)25)29(26,27)19-21-18(22-28-19)12-3-5-14(6-4-12)23-7-1-2-8-23/h3-6,9-11,25H,1-2,7-8H2. The van der Waals surface area contributed by atoms with E-state index in [2.05, 4.69) is 14.3 Å². The van der Waals surface area contributed by atoms with Gasteiger partial charge < -0.3 is 10.0 Å². The molecule has 1 aromatic heterocycles. The Bertz CT molecular complexity index is 1170. The Morgan fingerprint density at radius 3 is 2.48 bits per heavy atom. The molecule has 0 atom stereocenters. The van der Waals surface area contributed by atoms with Crippen LogP contribution in [0.15, 0.2) is 45.6 Å². The van der Waals surface area contributed by atoms with Crippen LogP contribution < -0.4 is 4.90 Å². The molecular formula is C19H16FN3O4S2. The Hall–Kier alpha value is -2.85. The van der Waals surface area contributed by atoms with Gasteiger partial charge >= 0.3 is 0 Å². The van der Waals surface area contributed by atoms with E-state index in [0.717, 1.165) is 24.8 Å². The summed E-state index contributed by atoms with van der Waals surface area (Å²) in [4.78, 5) is 16.9. The third kappa shape index (κ3) is 3.60. The summed E-state index contributed by atoms with van der Waals surface area (Å²) >= 11 is 0.666. The maximum absolute atomic E-state index is 13.8. The van der Waals surface area contributed by atoms with Crippen LogP contribution in [0.4, 0.5) is 10.1 Å². The minimum atomic E-state index is -4.19. The fourth-order valence-electron chi connectivity index (χ4n) is 3.17. The Labute approximate surface area is 170 Å². The van der Waals surface area contributed by atoms with E-state index >= 15 is 0 Å². The molecule has 0 saturated carbocycles. The van der Waals surface area contributed by atoms with Gasteiger partial charge in [-0.05, 0) is 60.8 Å². The first-order valence-corrected chi connectivity index (χ1v) is 11.1. The monoisotopic (exact) mass is 433 g/mol. The number of nitrogens with zero attached hydrogens (tertiary/aromatic N) is 3. The van der Waals surface area contributed by atoms with Crippen LogP contribution >= 0.6 is 11.5 Å². The summed E-state index contributed by atoms with van der Waals surface area (Å²) in [5.74, 6) is -1.85. The number of hydrogen-bond acceptors (Lipinski definition) is 8. The highest BCUT2D eigenvalue weighted by atomic mass is 32.2. The number of anilines is 1. The van der Waals surface area contributed by atoms with Gasteiger partial charge in [-0.3, -0.25) is 4.79 Å². The summed E-state index contributed by atoms with van der Waals surface area (Å²) in [6.07, 6.45) is 2.52. The number of benzene rings is 2. The van der Waals surface area contributed by atoms with Gasteiger partial charge in [0.2, 0.25) is 14.2 Å². The molecule has 0 radical (unpaired) electrons. The second-order valence-electron chi connectivity index (χ2n) is 6.59. The number of hydrogen-bond donors (Lipinski definition) is 1. The van der Waals surface area contributed by atoms with E-state index in [1.54, 1.807) is 0 Å². The fraction of sp³-hybridized carbons (Fsp3) is 0.211. The first-order chi connectivity index (χ1) is 13.9. The van der Waals surface area contributed by atoms with Crippen LogP contribution in [-0.4, -0.2) is 42.3 Å². The van der Waals surface area contributed by atoms with Gasteiger partial charge in [0.25, 0.3) is 0 Å². The predicted molar refractivity (Wildman–Crippen MR) is 106 cm³/mol. The van der Waals surface area contributed by atoms with Gasteiger partial charge in [-0.1, -0.05) is 0 Å². The van der Waals surface area contributed by atoms with Gasteiger partial charge in [-0.25, -0.2) is 17.8 Å². The van der Waals surface area contributed by atoms with Crippen molar-refractivity contribution in [3.8, 4) is 17.1 Å². The lowest BCUT2D eigenvalue weighted by Crippen LogP contribution is -2.17. The molecule has 10 heteroatoms. The molecule has 29 heavy (non-hydrogen) atoms. The second-order valence-corrected chi connectivity index (χ2v) is 9.46. The maximum atomic E-state index is 13.8. The van der Waals surface area contributed by atoms with Gasteiger partial charge in [0, 0.05) is 24.3 Å². The third-order valence-electron chi connectivity index (χ3n) is 4.74. The molecule has 2 aromatic carbocycles. The lowest BCUT2D eigenvalue weighted by Gasteiger charge is -2.17. The van der Waals surface area contributed by atoms with Crippen molar-refractivity contribution in [2.24, 2.45) is 0 Å². The number of aldehydes is 1. The van der Waals surface area contributed by atoms with Crippen LogP contribution in [0.5, 0.6) is 5.75 Å². The molecule has 0 amide bonds. The van der Waals surface area contributed by atoms with Crippen molar-refractivity contribution in [3.63, 3.8) is 0 Å². The zero-order valence-electron chi connectivity index (χ0n) is 15.1. The Morgan fingerprint density at radius 2 is 1.83 bits per heavy atom. The largest absolute Gasteiger partial charge is 0.504 e. The van der Waals surface area contributed by atoms with Crippen LogP contribution in [0.2, 0.25) is 0 Å². The topological polar surface area (TPSA) is 100 Å². The zero-order valence-corrected chi connectivity index (χ0v) is 16.7. The van der Waals surface area contributed by atoms with Gasteiger partial charge in [-0.2, -0.15) is 4.37 Å². The first-order valence-electron chi connectivity index (χ1n) is 8.82. The average Bonchev–Trinajstić information content (AvgIpc) is 3.42. The minimum Gasteiger partial charge on any atom is -0.504 e. The molecule has 2 heterocycles. The van der Waals surface area contributed by atoms with Crippen molar-refractivity contribution >= 4 is 33.3 Å². The first kappa shape index (κ1) is 19.5. The lowest BCUT2D eigenvalue weighted by molar-refractivity contribution is 0.112. The molecule has 4 rings (SSSR count). The average molecular weight is 433 g/mol. The number of rotatable bonds is 5. The number of sulfone groups is 1. The highest BCUT2D eigenvalue weighted by molar-refractivity contribution is 7.93. The van der Waals surface area contributed by atoms with E-state index in [0.29, 0.717) is 23.2 Å². The molecule has 0 aliphatic carbocycles. The fourth-order valence-corrected chi connectivity index (χ4v) is 5.35. The third-order valence-corrected chi connectivity index (χ3v) is 7.54. The van der Waals surface area contributed by atoms with Crippen molar-refractivity contribution in [2.75, 3.05) is 18.0 Å². The molecule has 0 bridgehead atoms. The molecule has 1 aliphatic heterocycles. The van der Waals surface area contributed by atoms with E-state index in [9.17, 15) is 22.7 Å². The van der Waals surface area contributed by atoms with Crippen LogP contribution in [0.1, 0.15) is 23.2 Å². The van der Waals surface area contributed by atoms with Crippen LogP contribution in [-0.2, 0) is 9.84 Å². The highest BCUT2D eigenvalue weighted by Gasteiger charge is 2.26. The summed E-state index contributed by atoms with van der Waals surface area (Å²) in [7, 11) is -4.19. The number of carbonyl (C=O) groups excluding carboxylic acids is 1. The van der Waals surface area contributed by atoms with Crippen molar-refractivity contribution in [2.45, 2.75) is 22.1 Å². The molecule has 1 fully saturated rings. The number of phenolic OH excluding ortho intramolecular Hbond substituents is 1. The maximum Gasteiger partial charge on any atom is 0.235 e. The highest BCUT2D eigenvalue weighted by Crippen LogP contribution is 2.31. The summed E-state index contributed by atoms with van der Waals surface area (Å²) in [6, 6.07) is 9.12. The normalized spacial score (nSPS) is 14.3. The van der Waals surface area contributed by atoms with Crippen LogP contribution in [0.25, 0.3) is 11.4 Å². The van der Waals surface area contributed by atoms with Crippen LogP contribution in [0.3, 0.4) is 0 Å². The lowest BCUT2D eigenvalue weighted by atomic mass is 10.2. The SMILES string of the molecule is O=Cc1cc(S(=O)(=O)c2nc(-c3ccc(N4CCCC4)cc3)ns2)cc(F)c1O. The Kier molecular flexibility index (Phi) is 5.05. The van der Waals surface area contributed by atoms with Crippen molar-refractivity contribution < 1.29 is 22.7 Å². The van der Waals surface area contributed by atoms with E-state index in [1.165, 1.54) is 12.8 Å². The van der Waals surface area contributed by atoms with Crippen LogP contribution in [0, 0.1) is 5.82 Å². The smallest absolute Gasteiger partial charge is 0.235 e. The summed E-state index contributed by atoms with van der Waals surface area (Å²) in [5.41, 5.74) is 1.30. The second kappa shape index (κ2) is 7.53. The zero-order chi connectivity index (χ0) is 20.6. The Morgan fingerprint density at radius 1 is 1.14 bits per heavy atom. The summed E-state index contributed by atoms with van der Waals surface area (Å²) < 4.78 is 43.1. The van der Waals surface area contributed by atoms with Gasteiger partial charge in [-0.15, -0.1) is 0 Å². The van der Waals surface area contributed by atoms with Gasteiger partial charge in [0.1, 0.15) is 0 Å². The van der Waals surface area contributed by atoms with E-state index in [-0.39, 0.29) is 16.5 Å². The van der Waals surface area contributed by atoms with Gasteiger partial charge in [0.05, 0.1) is 10.5 Å². The number of halogens is 1. The summed E-state index contributed by atoms with van der Waals surface area (Å²) in [6.45, 7) is 2.03. The van der Waals surface area contributed by atoms with E-state index in [4.69, 9.17) is 0 Å². The molecular weight excluding hydrogens is 417 g/mol.